The van der Waals surface area contributed by atoms with Crippen LogP contribution < -0.4 is 15.4 Å². The van der Waals surface area contributed by atoms with Crippen molar-refractivity contribution in [1.29, 1.82) is 0 Å². The largest absolute Gasteiger partial charge is 0.494 e. The van der Waals surface area contributed by atoms with Crippen LogP contribution in [-0.4, -0.2) is 12.5 Å². The molecule has 0 aromatic heterocycles. The van der Waals surface area contributed by atoms with E-state index >= 15 is 0 Å². The van der Waals surface area contributed by atoms with Crippen molar-refractivity contribution in [2.24, 2.45) is 5.92 Å². The van der Waals surface area contributed by atoms with Crippen LogP contribution >= 0.6 is 0 Å². The molecule has 0 saturated carbocycles. The number of amides is 1. The maximum atomic E-state index is 11.7. The van der Waals surface area contributed by atoms with Crippen LogP contribution in [0, 0.1) is 5.92 Å². The van der Waals surface area contributed by atoms with E-state index in [1.807, 2.05) is 63.2 Å². The summed E-state index contributed by atoms with van der Waals surface area (Å²) in [7, 11) is 0. The predicted molar refractivity (Wildman–Crippen MR) is 94.8 cm³/mol. The second-order valence-corrected chi connectivity index (χ2v) is 5.62. The highest BCUT2D eigenvalue weighted by Crippen LogP contribution is 2.20. The highest BCUT2D eigenvalue weighted by Gasteiger charge is 2.07. The lowest BCUT2D eigenvalue weighted by molar-refractivity contribution is -0.118. The van der Waals surface area contributed by atoms with Crippen LogP contribution in [0.2, 0.25) is 0 Å². The zero-order valence-corrected chi connectivity index (χ0v) is 13.9. The molecule has 122 valence electrons. The van der Waals surface area contributed by atoms with Crippen LogP contribution in [-0.2, 0) is 11.3 Å². The van der Waals surface area contributed by atoms with Crippen molar-refractivity contribution in [1.82, 2.24) is 0 Å². The molecule has 0 aliphatic heterocycles. The molecule has 4 nitrogen and oxygen atoms in total. The van der Waals surface area contributed by atoms with Gasteiger partial charge in [-0.2, -0.15) is 0 Å². The number of hydrogen-bond acceptors (Lipinski definition) is 3. The number of anilines is 2. The molecule has 0 radical (unpaired) electrons. The second-order valence-electron chi connectivity index (χ2n) is 5.62. The zero-order chi connectivity index (χ0) is 16.7. The summed E-state index contributed by atoms with van der Waals surface area (Å²) in [6, 6.07) is 15.7. The Morgan fingerprint density at radius 2 is 1.70 bits per heavy atom. The van der Waals surface area contributed by atoms with E-state index < -0.39 is 0 Å². The minimum atomic E-state index is -0.0251. The fraction of sp³-hybridized carbons (Fsp3) is 0.316. The average Bonchev–Trinajstić information content (AvgIpc) is 2.55. The van der Waals surface area contributed by atoms with Gasteiger partial charge in [0.25, 0.3) is 0 Å². The van der Waals surface area contributed by atoms with Gasteiger partial charge in [-0.3, -0.25) is 4.79 Å². The monoisotopic (exact) mass is 312 g/mol. The van der Waals surface area contributed by atoms with Gasteiger partial charge in [0.1, 0.15) is 5.75 Å². The van der Waals surface area contributed by atoms with Gasteiger partial charge in [0.15, 0.2) is 0 Å². The molecule has 0 bridgehead atoms. The molecule has 0 saturated heterocycles. The Balaban J connectivity index is 1.95. The molecule has 2 aromatic rings. The third-order valence-corrected chi connectivity index (χ3v) is 3.43. The van der Waals surface area contributed by atoms with E-state index in [2.05, 4.69) is 16.7 Å². The molecule has 4 heteroatoms. The molecular weight excluding hydrogens is 288 g/mol. The van der Waals surface area contributed by atoms with Crippen molar-refractivity contribution < 1.29 is 9.53 Å². The van der Waals surface area contributed by atoms with Crippen LogP contribution in [0.5, 0.6) is 5.75 Å². The van der Waals surface area contributed by atoms with E-state index in [9.17, 15) is 4.79 Å². The first kappa shape index (κ1) is 16.9. The highest BCUT2D eigenvalue weighted by molar-refractivity contribution is 5.92. The van der Waals surface area contributed by atoms with Gasteiger partial charge < -0.3 is 15.4 Å². The molecule has 0 spiro atoms. The molecule has 2 N–H and O–H groups in total. The van der Waals surface area contributed by atoms with Gasteiger partial charge in [0.2, 0.25) is 5.91 Å². The summed E-state index contributed by atoms with van der Waals surface area (Å²) in [5.74, 6) is 0.905. The lowest BCUT2D eigenvalue weighted by Gasteiger charge is -2.12. The Hall–Kier alpha value is -2.49. The van der Waals surface area contributed by atoms with E-state index in [4.69, 9.17) is 4.74 Å². The molecule has 0 atom stereocenters. The first-order valence-corrected chi connectivity index (χ1v) is 7.95. The van der Waals surface area contributed by atoms with Crippen molar-refractivity contribution in [3.8, 4) is 5.75 Å². The number of para-hydroxylation sites is 1. The summed E-state index contributed by atoms with van der Waals surface area (Å²) in [6.07, 6.45) is 0. The number of rotatable bonds is 7. The Kier molecular flexibility index (Phi) is 6.03. The van der Waals surface area contributed by atoms with Crippen LogP contribution in [0.1, 0.15) is 26.3 Å². The Morgan fingerprint density at radius 3 is 2.35 bits per heavy atom. The zero-order valence-electron chi connectivity index (χ0n) is 13.9. The van der Waals surface area contributed by atoms with E-state index in [0.29, 0.717) is 13.2 Å². The molecule has 23 heavy (non-hydrogen) atoms. The highest BCUT2D eigenvalue weighted by atomic mass is 16.5. The summed E-state index contributed by atoms with van der Waals surface area (Å²) in [4.78, 5) is 11.7. The smallest absolute Gasteiger partial charge is 0.226 e. The molecule has 0 aliphatic carbocycles. The molecule has 1 amide bonds. The summed E-state index contributed by atoms with van der Waals surface area (Å²) in [6.45, 7) is 7.08. The number of hydrogen-bond donors (Lipinski definition) is 2. The van der Waals surface area contributed by atoms with Gasteiger partial charge in [0.05, 0.1) is 6.61 Å². The summed E-state index contributed by atoms with van der Waals surface area (Å²) in [5.41, 5.74) is 2.93. The van der Waals surface area contributed by atoms with Gasteiger partial charge >= 0.3 is 0 Å². The third kappa shape index (κ3) is 5.02. The molecule has 0 aliphatic rings. The topological polar surface area (TPSA) is 50.4 Å². The first-order valence-electron chi connectivity index (χ1n) is 7.95. The van der Waals surface area contributed by atoms with Crippen LogP contribution in [0.15, 0.2) is 48.5 Å². The molecular formula is C19H24N2O2. The maximum absolute atomic E-state index is 11.7. The van der Waals surface area contributed by atoms with Gasteiger partial charge in [-0.25, -0.2) is 0 Å². The Labute approximate surface area is 137 Å². The van der Waals surface area contributed by atoms with Gasteiger partial charge in [-0.05, 0) is 37.3 Å². The van der Waals surface area contributed by atoms with Crippen molar-refractivity contribution in [2.45, 2.75) is 27.3 Å². The van der Waals surface area contributed by atoms with Crippen molar-refractivity contribution >= 4 is 17.3 Å². The number of carbonyl (C=O) groups excluding carboxylic acids is 1. The SMILES string of the molecule is CCOc1ccccc1CNc1ccc(NC(=O)C(C)C)cc1. The number of benzene rings is 2. The van der Waals surface area contributed by atoms with Gasteiger partial charge in [-0.1, -0.05) is 32.0 Å². The van der Waals surface area contributed by atoms with E-state index in [0.717, 1.165) is 22.7 Å². The predicted octanol–water partition coefficient (Wildman–Crippen LogP) is 4.29. The summed E-state index contributed by atoms with van der Waals surface area (Å²) < 4.78 is 5.62. The molecule has 2 aromatic carbocycles. The van der Waals surface area contributed by atoms with Crippen LogP contribution in [0.4, 0.5) is 11.4 Å². The fourth-order valence-electron chi connectivity index (χ4n) is 2.10. The normalized spacial score (nSPS) is 10.4. The van der Waals surface area contributed by atoms with Crippen molar-refractivity contribution in [3.63, 3.8) is 0 Å². The first-order chi connectivity index (χ1) is 11.1. The number of nitrogens with one attached hydrogen (secondary N) is 2. The van der Waals surface area contributed by atoms with Crippen LogP contribution in [0.25, 0.3) is 0 Å². The van der Waals surface area contributed by atoms with E-state index in [-0.39, 0.29) is 11.8 Å². The third-order valence-electron chi connectivity index (χ3n) is 3.43. The van der Waals surface area contributed by atoms with E-state index in [1.165, 1.54) is 0 Å². The lowest BCUT2D eigenvalue weighted by Crippen LogP contribution is -2.17. The standard InChI is InChI=1S/C19H24N2O2/c1-4-23-18-8-6-5-7-15(18)13-20-16-9-11-17(12-10-16)21-19(22)14(2)3/h5-12,14,20H,4,13H2,1-3H3,(H,21,22). The minimum absolute atomic E-state index is 0.0244. The molecule has 2 rings (SSSR count). The van der Waals surface area contributed by atoms with Gasteiger partial charge in [0, 0.05) is 29.4 Å². The van der Waals surface area contributed by atoms with Gasteiger partial charge in [-0.15, -0.1) is 0 Å². The second kappa shape index (κ2) is 8.22. The summed E-state index contributed by atoms with van der Waals surface area (Å²) in [5, 5.41) is 6.25. The van der Waals surface area contributed by atoms with E-state index in [1.54, 1.807) is 0 Å². The fourth-order valence-corrected chi connectivity index (χ4v) is 2.10. The number of carbonyl (C=O) groups is 1. The lowest BCUT2D eigenvalue weighted by atomic mass is 10.2. The Bertz CT molecular complexity index is 636. The summed E-state index contributed by atoms with van der Waals surface area (Å²) >= 11 is 0. The molecule has 0 heterocycles. The maximum Gasteiger partial charge on any atom is 0.226 e. The molecule has 0 unspecified atom stereocenters. The minimum Gasteiger partial charge on any atom is -0.494 e. The number of ether oxygens (including phenoxy) is 1. The Morgan fingerprint density at radius 1 is 1.04 bits per heavy atom. The van der Waals surface area contributed by atoms with Crippen LogP contribution in [0.3, 0.4) is 0 Å². The van der Waals surface area contributed by atoms with Crippen molar-refractivity contribution in [2.75, 3.05) is 17.2 Å². The molecule has 0 fully saturated rings. The quantitative estimate of drug-likeness (QED) is 0.802. The van der Waals surface area contributed by atoms with Crippen molar-refractivity contribution in [3.05, 3.63) is 54.1 Å². The average molecular weight is 312 g/mol.